The van der Waals surface area contributed by atoms with E-state index in [1.807, 2.05) is 0 Å². The lowest BCUT2D eigenvalue weighted by Crippen LogP contribution is -2.15. The molecular weight excluding hydrogens is 176 g/mol. The van der Waals surface area contributed by atoms with Crippen LogP contribution in [-0.4, -0.2) is 10.2 Å². The molecule has 0 bridgehead atoms. The van der Waals surface area contributed by atoms with Gasteiger partial charge in [0.2, 0.25) is 11.8 Å². The second-order valence-corrected chi connectivity index (χ2v) is 3.64. The number of alkyl halides is 1. The van der Waals surface area contributed by atoms with E-state index in [0.29, 0.717) is 11.8 Å². The largest absolute Gasteiger partial charge is 0.423 e. The van der Waals surface area contributed by atoms with Crippen molar-refractivity contribution in [2.75, 3.05) is 0 Å². The van der Waals surface area contributed by atoms with Crippen LogP contribution < -0.4 is 0 Å². The molecule has 0 saturated carbocycles. The Bertz CT molecular complexity index is 257. The van der Waals surface area contributed by atoms with E-state index in [9.17, 15) is 0 Å². The van der Waals surface area contributed by atoms with Crippen LogP contribution in [0.5, 0.6) is 0 Å². The summed E-state index contributed by atoms with van der Waals surface area (Å²) in [4.78, 5) is 0. The fourth-order valence-electron chi connectivity index (χ4n) is 0.732. The summed E-state index contributed by atoms with van der Waals surface area (Å²) in [5.74, 6) is 1.45. The number of hydrogen-bond acceptors (Lipinski definition) is 3. The zero-order valence-corrected chi connectivity index (χ0v) is 8.35. The number of aromatic nitrogens is 2. The van der Waals surface area contributed by atoms with Crippen LogP contribution in [0.15, 0.2) is 4.42 Å². The summed E-state index contributed by atoms with van der Waals surface area (Å²) in [6.07, 6.45) is 0.969. The van der Waals surface area contributed by atoms with Gasteiger partial charge in [-0.1, -0.05) is 20.8 Å². The Hall–Kier alpha value is -0.570. The van der Waals surface area contributed by atoms with Gasteiger partial charge in [-0.15, -0.1) is 21.8 Å². The van der Waals surface area contributed by atoms with Gasteiger partial charge in [0.1, 0.15) is 5.88 Å². The predicted molar refractivity (Wildman–Crippen MR) is 47.2 cm³/mol. The molecule has 68 valence electrons. The second kappa shape index (κ2) is 3.44. The monoisotopic (exact) mass is 188 g/mol. The molecule has 0 saturated heterocycles. The van der Waals surface area contributed by atoms with E-state index in [1.54, 1.807) is 0 Å². The highest BCUT2D eigenvalue weighted by atomic mass is 35.5. The third-order valence-corrected chi connectivity index (χ3v) is 2.27. The maximum atomic E-state index is 5.54. The van der Waals surface area contributed by atoms with Gasteiger partial charge < -0.3 is 4.42 Å². The SMILES string of the molecule is CCC(C)(C)c1nnc(CCl)o1. The number of hydrogen-bond donors (Lipinski definition) is 0. The van der Waals surface area contributed by atoms with Gasteiger partial charge in [-0.25, -0.2) is 0 Å². The van der Waals surface area contributed by atoms with Crippen molar-refractivity contribution in [3.8, 4) is 0 Å². The third-order valence-electron chi connectivity index (χ3n) is 2.04. The molecular formula is C8H13ClN2O. The van der Waals surface area contributed by atoms with Gasteiger partial charge in [0.15, 0.2) is 0 Å². The standard InChI is InChI=1S/C8H13ClN2O/c1-4-8(2,3)7-11-10-6(5-9)12-7/h4-5H2,1-3H3. The van der Waals surface area contributed by atoms with Gasteiger partial charge in [-0.05, 0) is 6.42 Å². The van der Waals surface area contributed by atoms with Crippen LogP contribution in [0.25, 0.3) is 0 Å². The lowest BCUT2D eigenvalue weighted by molar-refractivity contribution is 0.349. The van der Waals surface area contributed by atoms with Gasteiger partial charge in [0.25, 0.3) is 0 Å². The van der Waals surface area contributed by atoms with Crippen molar-refractivity contribution in [2.24, 2.45) is 0 Å². The molecule has 1 aromatic rings. The Morgan fingerprint density at radius 3 is 2.50 bits per heavy atom. The molecule has 3 nitrogen and oxygen atoms in total. The van der Waals surface area contributed by atoms with Crippen molar-refractivity contribution >= 4 is 11.6 Å². The van der Waals surface area contributed by atoms with Crippen LogP contribution in [0.2, 0.25) is 0 Å². The molecule has 0 spiro atoms. The number of nitrogens with zero attached hydrogens (tertiary/aromatic N) is 2. The molecule has 0 aliphatic rings. The molecule has 0 fully saturated rings. The van der Waals surface area contributed by atoms with Crippen LogP contribution in [0.3, 0.4) is 0 Å². The van der Waals surface area contributed by atoms with Gasteiger partial charge in [-0.2, -0.15) is 0 Å². The lowest BCUT2D eigenvalue weighted by Gasteiger charge is -2.16. The highest BCUT2D eigenvalue weighted by Crippen LogP contribution is 2.25. The zero-order valence-electron chi connectivity index (χ0n) is 7.59. The maximum absolute atomic E-state index is 5.54. The van der Waals surface area contributed by atoms with E-state index in [4.69, 9.17) is 16.0 Å². The summed E-state index contributed by atoms with van der Waals surface area (Å²) in [6.45, 7) is 6.22. The summed E-state index contributed by atoms with van der Waals surface area (Å²) >= 11 is 5.54. The van der Waals surface area contributed by atoms with Crippen LogP contribution in [0.1, 0.15) is 39.0 Å². The molecule has 0 aliphatic carbocycles. The van der Waals surface area contributed by atoms with Crippen molar-refractivity contribution in [3.05, 3.63) is 11.8 Å². The maximum Gasteiger partial charge on any atom is 0.231 e. The molecule has 0 unspecified atom stereocenters. The molecule has 1 rings (SSSR count). The van der Waals surface area contributed by atoms with E-state index in [0.717, 1.165) is 6.42 Å². The summed E-state index contributed by atoms with van der Waals surface area (Å²) in [5, 5.41) is 7.73. The van der Waals surface area contributed by atoms with Gasteiger partial charge in [0.05, 0.1) is 0 Å². The van der Waals surface area contributed by atoms with Crippen molar-refractivity contribution in [3.63, 3.8) is 0 Å². The van der Waals surface area contributed by atoms with Crippen LogP contribution in [-0.2, 0) is 11.3 Å². The Balaban J connectivity index is 2.88. The molecule has 4 heteroatoms. The smallest absolute Gasteiger partial charge is 0.231 e. The van der Waals surface area contributed by atoms with E-state index in [-0.39, 0.29) is 11.3 Å². The van der Waals surface area contributed by atoms with Crippen molar-refractivity contribution in [1.82, 2.24) is 10.2 Å². The third kappa shape index (κ3) is 1.78. The average molecular weight is 189 g/mol. The first-order chi connectivity index (χ1) is 5.60. The van der Waals surface area contributed by atoms with Gasteiger partial charge in [-0.3, -0.25) is 0 Å². The first kappa shape index (κ1) is 9.52. The molecule has 0 amide bonds. The van der Waals surface area contributed by atoms with E-state index < -0.39 is 0 Å². The molecule has 0 N–H and O–H groups in total. The van der Waals surface area contributed by atoms with E-state index in [2.05, 4.69) is 31.0 Å². The lowest BCUT2D eigenvalue weighted by atomic mass is 9.90. The second-order valence-electron chi connectivity index (χ2n) is 3.37. The van der Waals surface area contributed by atoms with Gasteiger partial charge in [0, 0.05) is 5.41 Å². The van der Waals surface area contributed by atoms with Crippen LogP contribution in [0, 0.1) is 0 Å². The molecule has 1 aromatic heterocycles. The molecule has 0 aliphatic heterocycles. The average Bonchev–Trinajstić information content (AvgIpc) is 2.52. The topological polar surface area (TPSA) is 38.9 Å². The van der Waals surface area contributed by atoms with Crippen LogP contribution in [0.4, 0.5) is 0 Å². The van der Waals surface area contributed by atoms with Crippen LogP contribution >= 0.6 is 11.6 Å². The minimum Gasteiger partial charge on any atom is -0.423 e. The van der Waals surface area contributed by atoms with Crippen molar-refractivity contribution in [2.45, 2.75) is 38.5 Å². The molecule has 1 heterocycles. The fourth-order valence-corrected chi connectivity index (χ4v) is 0.840. The summed E-state index contributed by atoms with van der Waals surface area (Å²) in [6, 6.07) is 0. The van der Waals surface area contributed by atoms with Crippen molar-refractivity contribution in [1.29, 1.82) is 0 Å². The normalized spacial score (nSPS) is 12.0. The Kier molecular flexibility index (Phi) is 2.73. The fraction of sp³-hybridized carbons (Fsp3) is 0.750. The molecule has 0 radical (unpaired) electrons. The van der Waals surface area contributed by atoms with Gasteiger partial charge >= 0.3 is 0 Å². The predicted octanol–water partition coefficient (Wildman–Crippen LogP) is 2.50. The zero-order chi connectivity index (χ0) is 9.19. The van der Waals surface area contributed by atoms with E-state index in [1.165, 1.54) is 0 Å². The molecule has 0 aromatic carbocycles. The first-order valence-corrected chi connectivity index (χ1v) is 4.52. The minimum absolute atomic E-state index is 0.0443. The Labute approximate surface area is 77.1 Å². The number of rotatable bonds is 3. The van der Waals surface area contributed by atoms with E-state index >= 15 is 0 Å². The molecule has 0 atom stereocenters. The highest BCUT2D eigenvalue weighted by Gasteiger charge is 2.24. The highest BCUT2D eigenvalue weighted by molar-refractivity contribution is 6.16. The Morgan fingerprint density at radius 2 is 2.08 bits per heavy atom. The Morgan fingerprint density at radius 1 is 1.42 bits per heavy atom. The quantitative estimate of drug-likeness (QED) is 0.685. The summed E-state index contributed by atoms with van der Waals surface area (Å²) in [7, 11) is 0. The van der Waals surface area contributed by atoms with Crippen molar-refractivity contribution < 1.29 is 4.42 Å². The number of halogens is 1. The minimum atomic E-state index is -0.0443. The summed E-state index contributed by atoms with van der Waals surface area (Å²) < 4.78 is 5.33. The molecule has 12 heavy (non-hydrogen) atoms. The summed E-state index contributed by atoms with van der Waals surface area (Å²) in [5.41, 5.74) is -0.0443. The first-order valence-electron chi connectivity index (χ1n) is 3.99.